The summed E-state index contributed by atoms with van der Waals surface area (Å²) in [6, 6.07) is 5.01. The van der Waals surface area contributed by atoms with Crippen LogP contribution in [0.2, 0.25) is 0 Å². The maximum absolute atomic E-state index is 13.1. The topological polar surface area (TPSA) is 55.8 Å². The van der Waals surface area contributed by atoms with Gasteiger partial charge in [-0.25, -0.2) is 4.79 Å². The number of nitrogens with zero attached hydrogens (tertiary/aromatic N) is 2. The van der Waals surface area contributed by atoms with Gasteiger partial charge in [0, 0.05) is 45.0 Å². The number of hydrogen-bond donors (Lipinski definition) is 2. The lowest BCUT2D eigenvalue weighted by Crippen LogP contribution is -2.44. The number of benzene rings is 1. The molecule has 1 saturated heterocycles. The lowest BCUT2D eigenvalue weighted by atomic mass is 10.1. The van der Waals surface area contributed by atoms with Gasteiger partial charge in [-0.3, -0.25) is 0 Å². The number of nitrogens with one attached hydrogen (secondary N) is 1. The average molecular weight is 345 g/mol. The van der Waals surface area contributed by atoms with Crippen LogP contribution in [0.4, 0.5) is 23.7 Å². The van der Waals surface area contributed by atoms with Gasteiger partial charge in [-0.05, 0) is 25.0 Å². The van der Waals surface area contributed by atoms with Crippen LogP contribution in [0, 0.1) is 0 Å². The van der Waals surface area contributed by atoms with Crippen LogP contribution in [0.5, 0.6) is 0 Å². The molecule has 1 aromatic rings. The molecule has 5 nitrogen and oxygen atoms in total. The molecule has 0 radical (unpaired) electrons. The molecule has 1 atom stereocenters. The zero-order valence-corrected chi connectivity index (χ0v) is 13.5. The van der Waals surface area contributed by atoms with Gasteiger partial charge in [-0.15, -0.1) is 0 Å². The van der Waals surface area contributed by atoms with E-state index in [-0.39, 0.29) is 24.4 Å². The number of rotatable bonds is 5. The Balaban J connectivity index is 1.98. The normalized spacial score (nSPS) is 17.9. The Kier molecular flexibility index (Phi) is 5.93. The molecule has 1 aliphatic heterocycles. The number of halogens is 3. The maximum atomic E-state index is 13.1. The maximum Gasteiger partial charge on any atom is 0.418 e. The van der Waals surface area contributed by atoms with E-state index >= 15 is 0 Å². The first-order valence-electron chi connectivity index (χ1n) is 7.86. The van der Waals surface area contributed by atoms with Gasteiger partial charge >= 0.3 is 12.2 Å². The molecular formula is C16H22F3N3O2. The van der Waals surface area contributed by atoms with Crippen molar-refractivity contribution in [3.63, 3.8) is 0 Å². The smallest absolute Gasteiger partial charge is 0.396 e. The molecule has 2 rings (SSSR count). The summed E-state index contributed by atoms with van der Waals surface area (Å²) in [6.45, 7) is 1.23. The summed E-state index contributed by atoms with van der Waals surface area (Å²) < 4.78 is 39.3. The molecule has 2 amide bonds. The lowest BCUT2D eigenvalue weighted by Gasteiger charge is -2.24. The molecule has 0 bridgehead atoms. The van der Waals surface area contributed by atoms with Crippen LogP contribution in [0.3, 0.4) is 0 Å². The summed E-state index contributed by atoms with van der Waals surface area (Å²) >= 11 is 0. The fourth-order valence-electron chi connectivity index (χ4n) is 2.78. The number of alkyl halides is 3. The van der Waals surface area contributed by atoms with E-state index in [1.165, 1.54) is 17.0 Å². The number of carbonyl (C=O) groups excluding carboxylic acids is 1. The number of carbonyl (C=O) groups is 1. The average Bonchev–Trinajstić information content (AvgIpc) is 3.00. The minimum absolute atomic E-state index is 0.00303. The van der Waals surface area contributed by atoms with Gasteiger partial charge in [-0.1, -0.05) is 12.1 Å². The Morgan fingerprint density at radius 2 is 2.12 bits per heavy atom. The first kappa shape index (κ1) is 18.4. The molecular weight excluding hydrogens is 323 g/mol. The van der Waals surface area contributed by atoms with Gasteiger partial charge in [0.05, 0.1) is 5.56 Å². The quantitative estimate of drug-likeness (QED) is 0.861. The molecule has 24 heavy (non-hydrogen) atoms. The van der Waals surface area contributed by atoms with E-state index in [1.54, 1.807) is 18.0 Å². The highest BCUT2D eigenvalue weighted by molar-refractivity contribution is 5.74. The number of anilines is 1. The van der Waals surface area contributed by atoms with E-state index < -0.39 is 11.7 Å². The fraction of sp³-hybridized carbons (Fsp3) is 0.562. The molecule has 8 heteroatoms. The molecule has 1 aliphatic rings. The molecule has 2 N–H and O–H groups in total. The summed E-state index contributed by atoms with van der Waals surface area (Å²) in [5.74, 6) is 0. The highest BCUT2D eigenvalue weighted by Crippen LogP contribution is 2.37. The van der Waals surface area contributed by atoms with Crippen LogP contribution in [-0.2, 0) is 6.18 Å². The zero-order valence-electron chi connectivity index (χ0n) is 13.5. The van der Waals surface area contributed by atoms with E-state index in [0.29, 0.717) is 32.5 Å². The zero-order chi connectivity index (χ0) is 17.7. The minimum Gasteiger partial charge on any atom is -0.396 e. The van der Waals surface area contributed by atoms with Gasteiger partial charge in [0.25, 0.3) is 0 Å². The number of aliphatic hydroxyl groups is 1. The van der Waals surface area contributed by atoms with Gasteiger partial charge in [0.2, 0.25) is 0 Å². The Hall–Kier alpha value is -1.96. The fourth-order valence-corrected chi connectivity index (χ4v) is 2.78. The molecule has 0 aromatic heterocycles. The predicted molar refractivity (Wildman–Crippen MR) is 84.9 cm³/mol. The van der Waals surface area contributed by atoms with Crippen molar-refractivity contribution in [2.45, 2.75) is 25.1 Å². The number of amides is 2. The standard InChI is InChI=1S/C16H22F3N3O2/c1-21(8-4-10-23)15(24)20-12-7-9-22(11-12)14-6-3-2-5-13(14)16(17,18)19/h2-3,5-6,12,23H,4,7-11H2,1H3,(H,20,24)/t12-/m0/s1. The second-order valence-electron chi connectivity index (χ2n) is 5.89. The van der Waals surface area contributed by atoms with Crippen molar-refractivity contribution < 1.29 is 23.1 Å². The summed E-state index contributed by atoms with van der Waals surface area (Å²) in [7, 11) is 1.62. The van der Waals surface area contributed by atoms with Crippen LogP contribution >= 0.6 is 0 Å². The molecule has 1 fully saturated rings. The van der Waals surface area contributed by atoms with Gasteiger partial charge in [0.1, 0.15) is 0 Å². The second-order valence-corrected chi connectivity index (χ2v) is 5.89. The van der Waals surface area contributed by atoms with E-state index in [0.717, 1.165) is 6.07 Å². The van der Waals surface area contributed by atoms with E-state index in [4.69, 9.17) is 5.11 Å². The Morgan fingerprint density at radius 1 is 1.42 bits per heavy atom. The summed E-state index contributed by atoms with van der Waals surface area (Å²) in [5.41, 5.74) is -0.507. The number of para-hydroxylation sites is 1. The SMILES string of the molecule is CN(CCCO)C(=O)N[C@H]1CCN(c2ccccc2C(F)(F)F)C1. The summed E-state index contributed by atoms with van der Waals surface area (Å²) in [5, 5.41) is 11.6. The van der Waals surface area contributed by atoms with Crippen molar-refractivity contribution in [1.82, 2.24) is 10.2 Å². The monoisotopic (exact) mass is 345 g/mol. The van der Waals surface area contributed by atoms with Crippen molar-refractivity contribution in [3.05, 3.63) is 29.8 Å². The Bertz CT molecular complexity index is 566. The first-order chi connectivity index (χ1) is 11.3. The first-order valence-corrected chi connectivity index (χ1v) is 7.86. The second kappa shape index (κ2) is 7.74. The van der Waals surface area contributed by atoms with Crippen molar-refractivity contribution in [2.75, 3.05) is 38.2 Å². The van der Waals surface area contributed by atoms with Gasteiger partial charge in [0.15, 0.2) is 0 Å². The molecule has 1 aromatic carbocycles. The van der Waals surface area contributed by atoms with Gasteiger partial charge in [-0.2, -0.15) is 13.2 Å². The number of hydrogen-bond acceptors (Lipinski definition) is 3. The molecule has 0 unspecified atom stereocenters. The Morgan fingerprint density at radius 3 is 2.79 bits per heavy atom. The third-order valence-electron chi connectivity index (χ3n) is 4.06. The van der Waals surface area contributed by atoms with Crippen LogP contribution < -0.4 is 10.2 Å². The molecule has 134 valence electrons. The highest BCUT2D eigenvalue weighted by atomic mass is 19.4. The molecule has 1 heterocycles. The van der Waals surface area contributed by atoms with E-state index in [2.05, 4.69) is 5.32 Å². The third kappa shape index (κ3) is 4.53. The van der Waals surface area contributed by atoms with Gasteiger partial charge < -0.3 is 20.2 Å². The molecule has 0 aliphatic carbocycles. The van der Waals surface area contributed by atoms with E-state index in [1.807, 2.05) is 0 Å². The highest BCUT2D eigenvalue weighted by Gasteiger charge is 2.36. The van der Waals surface area contributed by atoms with Crippen molar-refractivity contribution in [1.29, 1.82) is 0 Å². The number of aliphatic hydroxyl groups excluding tert-OH is 1. The summed E-state index contributed by atoms with van der Waals surface area (Å²) in [4.78, 5) is 15.1. The van der Waals surface area contributed by atoms with Crippen LogP contribution in [-0.4, -0.2) is 55.4 Å². The van der Waals surface area contributed by atoms with Crippen LogP contribution in [0.15, 0.2) is 24.3 Å². The molecule has 0 spiro atoms. The largest absolute Gasteiger partial charge is 0.418 e. The lowest BCUT2D eigenvalue weighted by molar-refractivity contribution is -0.137. The summed E-state index contributed by atoms with van der Waals surface area (Å²) in [6.07, 6.45) is -3.33. The van der Waals surface area contributed by atoms with Crippen molar-refractivity contribution >= 4 is 11.7 Å². The van der Waals surface area contributed by atoms with Crippen LogP contribution in [0.25, 0.3) is 0 Å². The third-order valence-corrected chi connectivity index (χ3v) is 4.06. The Labute approximate surface area is 139 Å². The predicted octanol–water partition coefficient (Wildman–Crippen LogP) is 2.31. The van der Waals surface area contributed by atoms with Crippen LogP contribution in [0.1, 0.15) is 18.4 Å². The minimum atomic E-state index is -4.40. The molecule has 0 saturated carbocycles. The number of urea groups is 1. The van der Waals surface area contributed by atoms with Crippen molar-refractivity contribution in [2.24, 2.45) is 0 Å². The van der Waals surface area contributed by atoms with Crippen molar-refractivity contribution in [3.8, 4) is 0 Å². The van der Waals surface area contributed by atoms with E-state index in [9.17, 15) is 18.0 Å².